The zero-order valence-corrected chi connectivity index (χ0v) is 10.5. The molecule has 94 valence electrons. The molecule has 1 aromatic carbocycles. The van der Waals surface area contributed by atoms with Gasteiger partial charge in [-0.2, -0.15) is 0 Å². The standard InChI is InChI=1S/C13H13ClN2O2/c14-9-1-2-11-10(7-9)16-13(17)12(18-11)8-3-5-15-6-4-8/h1-2,7,15H,3-6H2,(H,16,17). The third-order valence-electron chi connectivity index (χ3n) is 3.14. The first-order valence-electron chi connectivity index (χ1n) is 5.95. The van der Waals surface area contributed by atoms with Crippen molar-refractivity contribution in [1.82, 2.24) is 5.32 Å². The maximum absolute atomic E-state index is 12.0. The van der Waals surface area contributed by atoms with Crippen LogP contribution >= 0.6 is 11.6 Å². The third kappa shape index (κ3) is 2.09. The molecule has 0 unspecified atom stereocenters. The lowest BCUT2D eigenvalue weighted by atomic mass is 10.0. The van der Waals surface area contributed by atoms with E-state index < -0.39 is 0 Å². The summed E-state index contributed by atoms with van der Waals surface area (Å²) in [6, 6.07) is 5.22. The molecule has 0 aromatic heterocycles. The molecule has 2 aliphatic heterocycles. The number of rotatable bonds is 0. The van der Waals surface area contributed by atoms with Gasteiger partial charge in [-0.15, -0.1) is 0 Å². The monoisotopic (exact) mass is 264 g/mol. The van der Waals surface area contributed by atoms with E-state index in [1.807, 2.05) is 0 Å². The number of fused-ring (bicyclic) bond motifs is 1. The summed E-state index contributed by atoms with van der Waals surface area (Å²) in [5, 5.41) is 6.66. The molecule has 0 spiro atoms. The topological polar surface area (TPSA) is 50.4 Å². The van der Waals surface area contributed by atoms with Crippen molar-refractivity contribution >= 4 is 23.2 Å². The molecule has 2 heterocycles. The van der Waals surface area contributed by atoms with E-state index in [9.17, 15) is 4.79 Å². The molecule has 3 rings (SSSR count). The molecule has 2 aliphatic rings. The number of ether oxygens (including phenoxy) is 1. The Kier molecular flexibility index (Phi) is 2.97. The summed E-state index contributed by atoms with van der Waals surface area (Å²) in [6.45, 7) is 1.78. The van der Waals surface area contributed by atoms with Gasteiger partial charge in [-0.3, -0.25) is 4.79 Å². The van der Waals surface area contributed by atoms with Crippen LogP contribution in [0.2, 0.25) is 5.02 Å². The van der Waals surface area contributed by atoms with E-state index in [2.05, 4.69) is 10.6 Å². The Hall–Kier alpha value is -1.52. The first-order valence-corrected chi connectivity index (χ1v) is 6.33. The average Bonchev–Trinajstić information content (AvgIpc) is 2.39. The van der Waals surface area contributed by atoms with E-state index in [1.165, 1.54) is 0 Å². The molecule has 5 heteroatoms. The zero-order valence-electron chi connectivity index (χ0n) is 9.75. The normalized spacial score (nSPS) is 19.1. The minimum atomic E-state index is -0.179. The summed E-state index contributed by atoms with van der Waals surface area (Å²) in [6.07, 6.45) is 1.71. The molecule has 2 N–H and O–H groups in total. The SMILES string of the molecule is O=C1Nc2cc(Cl)ccc2OC1=C1CCNCC1. The fourth-order valence-electron chi connectivity index (χ4n) is 2.21. The van der Waals surface area contributed by atoms with Crippen molar-refractivity contribution in [2.24, 2.45) is 0 Å². The highest BCUT2D eigenvalue weighted by molar-refractivity contribution is 6.31. The lowest BCUT2D eigenvalue weighted by molar-refractivity contribution is -0.115. The summed E-state index contributed by atoms with van der Waals surface area (Å²) < 4.78 is 5.72. The predicted molar refractivity (Wildman–Crippen MR) is 69.8 cm³/mol. The number of nitrogens with one attached hydrogen (secondary N) is 2. The number of carbonyl (C=O) groups is 1. The van der Waals surface area contributed by atoms with Crippen LogP contribution in [0, 0.1) is 0 Å². The van der Waals surface area contributed by atoms with Crippen molar-refractivity contribution in [3.05, 3.63) is 34.6 Å². The predicted octanol–water partition coefficient (Wildman–Crippen LogP) is 2.31. The van der Waals surface area contributed by atoms with Gasteiger partial charge in [0.1, 0.15) is 0 Å². The highest BCUT2D eigenvalue weighted by Crippen LogP contribution is 2.34. The summed E-state index contributed by atoms with van der Waals surface area (Å²) >= 11 is 5.88. The van der Waals surface area contributed by atoms with Gasteiger partial charge in [0.25, 0.3) is 5.91 Å². The molecule has 1 amide bonds. The number of anilines is 1. The van der Waals surface area contributed by atoms with E-state index in [4.69, 9.17) is 16.3 Å². The van der Waals surface area contributed by atoms with Crippen LogP contribution in [0.5, 0.6) is 5.75 Å². The van der Waals surface area contributed by atoms with Crippen molar-refractivity contribution in [2.45, 2.75) is 12.8 Å². The van der Waals surface area contributed by atoms with Crippen LogP contribution in [0.25, 0.3) is 0 Å². The molecule has 0 atom stereocenters. The molecule has 0 bridgehead atoms. The lowest BCUT2D eigenvalue weighted by Crippen LogP contribution is -2.30. The number of piperidine rings is 1. The Balaban J connectivity index is 1.96. The maximum Gasteiger partial charge on any atom is 0.291 e. The van der Waals surface area contributed by atoms with Gasteiger partial charge in [0.15, 0.2) is 11.5 Å². The molecule has 0 radical (unpaired) electrons. The van der Waals surface area contributed by atoms with Gasteiger partial charge in [0.05, 0.1) is 5.69 Å². The van der Waals surface area contributed by atoms with E-state index in [0.717, 1.165) is 31.5 Å². The molecule has 18 heavy (non-hydrogen) atoms. The fraction of sp³-hybridized carbons (Fsp3) is 0.308. The summed E-state index contributed by atoms with van der Waals surface area (Å²) in [5.41, 5.74) is 1.71. The number of carbonyl (C=O) groups excluding carboxylic acids is 1. The summed E-state index contributed by atoms with van der Waals surface area (Å²) in [5.74, 6) is 0.924. The zero-order chi connectivity index (χ0) is 12.5. The molecule has 1 aromatic rings. The minimum Gasteiger partial charge on any atom is -0.449 e. The van der Waals surface area contributed by atoms with Crippen molar-refractivity contribution in [3.8, 4) is 5.75 Å². The largest absolute Gasteiger partial charge is 0.449 e. The number of benzene rings is 1. The van der Waals surface area contributed by atoms with Crippen molar-refractivity contribution < 1.29 is 9.53 Å². The first kappa shape index (κ1) is 11.6. The molecule has 1 saturated heterocycles. The summed E-state index contributed by atoms with van der Waals surface area (Å²) in [4.78, 5) is 12.0. The van der Waals surface area contributed by atoms with Crippen LogP contribution in [-0.4, -0.2) is 19.0 Å². The third-order valence-corrected chi connectivity index (χ3v) is 3.37. The van der Waals surface area contributed by atoms with E-state index >= 15 is 0 Å². The number of hydrogen-bond donors (Lipinski definition) is 2. The van der Waals surface area contributed by atoms with Crippen LogP contribution in [0.4, 0.5) is 5.69 Å². The second-order valence-electron chi connectivity index (χ2n) is 4.38. The van der Waals surface area contributed by atoms with Gasteiger partial charge in [0.2, 0.25) is 0 Å². The van der Waals surface area contributed by atoms with Crippen LogP contribution < -0.4 is 15.4 Å². The van der Waals surface area contributed by atoms with Crippen LogP contribution in [0.15, 0.2) is 29.5 Å². The Labute approximate surface area is 110 Å². The molecular formula is C13H13ClN2O2. The highest BCUT2D eigenvalue weighted by atomic mass is 35.5. The average molecular weight is 265 g/mol. The maximum atomic E-state index is 12.0. The summed E-state index contributed by atoms with van der Waals surface area (Å²) in [7, 11) is 0. The van der Waals surface area contributed by atoms with Crippen LogP contribution in [-0.2, 0) is 4.79 Å². The van der Waals surface area contributed by atoms with Crippen LogP contribution in [0.3, 0.4) is 0 Å². The van der Waals surface area contributed by atoms with Gasteiger partial charge >= 0.3 is 0 Å². The Bertz CT molecular complexity index is 532. The minimum absolute atomic E-state index is 0.179. The Morgan fingerprint density at radius 3 is 2.78 bits per heavy atom. The highest BCUT2D eigenvalue weighted by Gasteiger charge is 2.26. The van der Waals surface area contributed by atoms with Crippen molar-refractivity contribution in [3.63, 3.8) is 0 Å². The number of halogens is 1. The molecule has 0 aliphatic carbocycles. The van der Waals surface area contributed by atoms with Gasteiger partial charge in [-0.25, -0.2) is 0 Å². The molecular weight excluding hydrogens is 252 g/mol. The second-order valence-corrected chi connectivity index (χ2v) is 4.82. The van der Waals surface area contributed by atoms with Gasteiger partial charge in [-0.1, -0.05) is 11.6 Å². The Morgan fingerprint density at radius 2 is 2.00 bits per heavy atom. The van der Waals surface area contributed by atoms with Gasteiger partial charge in [0, 0.05) is 5.02 Å². The number of amides is 1. The van der Waals surface area contributed by atoms with Gasteiger partial charge in [-0.05, 0) is 49.7 Å². The lowest BCUT2D eigenvalue weighted by Gasteiger charge is -2.24. The van der Waals surface area contributed by atoms with Gasteiger partial charge < -0.3 is 15.4 Å². The first-order chi connectivity index (χ1) is 8.74. The van der Waals surface area contributed by atoms with Crippen molar-refractivity contribution in [2.75, 3.05) is 18.4 Å². The Morgan fingerprint density at radius 1 is 1.22 bits per heavy atom. The van der Waals surface area contributed by atoms with Crippen LogP contribution in [0.1, 0.15) is 12.8 Å². The van der Waals surface area contributed by atoms with E-state index in [1.54, 1.807) is 18.2 Å². The molecule has 0 saturated carbocycles. The number of hydrogen-bond acceptors (Lipinski definition) is 3. The molecule has 4 nitrogen and oxygen atoms in total. The quantitative estimate of drug-likeness (QED) is 0.707. The van der Waals surface area contributed by atoms with E-state index in [-0.39, 0.29) is 5.91 Å². The molecule has 1 fully saturated rings. The fourth-order valence-corrected chi connectivity index (χ4v) is 2.38. The second kappa shape index (κ2) is 4.63. The smallest absolute Gasteiger partial charge is 0.291 e. The van der Waals surface area contributed by atoms with E-state index in [0.29, 0.717) is 22.2 Å². The van der Waals surface area contributed by atoms with Crippen molar-refractivity contribution in [1.29, 1.82) is 0 Å².